The first kappa shape index (κ1) is 18.5. The number of aryl methyl sites for hydroxylation is 1. The Morgan fingerprint density at radius 3 is 2.41 bits per heavy atom. The summed E-state index contributed by atoms with van der Waals surface area (Å²) in [6.45, 7) is 11.3. The number of carboxylic acids is 1. The molecule has 0 spiro atoms. The van der Waals surface area contributed by atoms with Gasteiger partial charge in [-0.2, -0.15) is 0 Å². The predicted molar refractivity (Wildman–Crippen MR) is 89.0 cm³/mol. The maximum atomic E-state index is 11.9. The molecule has 6 heteroatoms. The minimum Gasteiger partial charge on any atom is -0.478 e. The fourth-order valence-corrected chi connectivity index (χ4v) is 3.09. The van der Waals surface area contributed by atoms with Crippen LogP contribution in [0.5, 0.6) is 0 Å². The highest BCUT2D eigenvalue weighted by Gasteiger charge is 2.25. The minimum atomic E-state index is -1.02. The second-order valence-electron chi connectivity index (χ2n) is 6.49. The molecule has 2 N–H and O–H groups in total. The molecule has 0 fully saturated rings. The molecule has 1 heterocycles. The largest absolute Gasteiger partial charge is 0.478 e. The van der Waals surface area contributed by atoms with Crippen LogP contribution in [0.25, 0.3) is 0 Å². The third-order valence-corrected chi connectivity index (χ3v) is 4.35. The Morgan fingerprint density at radius 1 is 1.36 bits per heavy atom. The molecule has 0 saturated heterocycles. The summed E-state index contributed by atoms with van der Waals surface area (Å²) in [5.41, 5.74) is 0.367. The summed E-state index contributed by atoms with van der Waals surface area (Å²) in [7, 11) is 0. The van der Waals surface area contributed by atoms with Crippen molar-refractivity contribution in [1.82, 2.24) is 0 Å². The van der Waals surface area contributed by atoms with Gasteiger partial charge in [0.05, 0.1) is 5.56 Å². The van der Waals surface area contributed by atoms with E-state index < -0.39 is 17.7 Å². The topological polar surface area (TPSA) is 75.6 Å². The molecule has 0 aromatic carbocycles. The SMILES string of the molecule is CCC(C)Cc1c(C)sc(NC(=O)OC(C)(C)C)c1C(=O)O. The maximum absolute atomic E-state index is 11.9. The molecule has 1 amide bonds. The molecule has 1 unspecified atom stereocenters. The minimum absolute atomic E-state index is 0.189. The van der Waals surface area contributed by atoms with Crippen molar-refractivity contribution < 1.29 is 19.4 Å². The Kier molecular flexibility index (Phi) is 6.00. The van der Waals surface area contributed by atoms with Crippen LogP contribution >= 0.6 is 11.3 Å². The van der Waals surface area contributed by atoms with E-state index in [1.54, 1.807) is 20.8 Å². The normalized spacial score (nSPS) is 12.8. The molecule has 0 saturated carbocycles. The molecule has 1 rings (SSSR count). The second-order valence-corrected chi connectivity index (χ2v) is 7.72. The number of thiophene rings is 1. The third-order valence-electron chi connectivity index (χ3n) is 3.29. The highest BCUT2D eigenvalue weighted by molar-refractivity contribution is 7.16. The van der Waals surface area contributed by atoms with E-state index >= 15 is 0 Å². The number of carboxylic acid groups (broad SMARTS) is 1. The van der Waals surface area contributed by atoms with Crippen LogP contribution in [0.15, 0.2) is 0 Å². The van der Waals surface area contributed by atoms with Crippen molar-refractivity contribution >= 4 is 28.4 Å². The van der Waals surface area contributed by atoms with Gasteiger partial charge in [-0.15, -0.1) is 11.3 Å². The van der Waals surface area contributed by atoms with Crippen molar-refractivity contribution in [2.75, 3.05) is 5.32 Å². The van der Waals surface area contributed by atoms with Gasteiger partial charge in [0.1, 0.15) is 10.6 Å². The number of carbonyl (C=O) groups is 2. The summed E-state index contributed by atoms with van der Waals surface area (Å²) in [5.74, 6) is -0.630. The molecule has 22 heavy (non-hydrogen) atoms. The molecule has 1 aromatic rings. The Labute approximate surface area is 135 Å². The number of carbonyl (C=O) groups excluding carboxylic acids is 1. The van der Waals surface area contributed by atoms with Crippen LogP contribution in [0.2, 0.25) is 0 Å². The fraction of sp³-hybridized carbons (Fsp3) is 0.625. The van der Waals surface area contributed by atoms with E-state index in [0.29, 0.717) is 17.3 Å². The van der Waals surface area contributed by atoms with Crippen molar-refractivity contribution in [3.05, 3.63) is 16.0 Å². The molecule has 5 nitrogen and oxygen atoms in total. The third kappa shape index (κ3) is 5.02. The zero-order valence-electron chi connectivity index (χ0n) is 14.1. The van der Waals surface area contributed by atoms with Crippen molar-refractivity contribution in [2.45, 2.75) is 60.0 Å². The van der Waals surface area contributed by atoms with Gasteiger partial charge in [-0.25, -0.2) is 9.59 Å². The number of hydrogen-bond acceptors (Lipinski definition) is 4. The van der Waals surface area contributed by atoms with Gasteiger partial charge in [0, 0.05) is 4.88 Å². The van der Waals surface area contributed by atoms with Gasteiger partial charge in [0.15, 0.2) is 0 Å². The van der Waals surface area contributed by atoms with Gasteiger partial charge < -0.3 is 9.84 Å². The van der Waals surface area contributed by atoms with E-state index in [1.165, 1.54) is 11.3 Å². The average molecular weight is 327 g/mol. The lowest BCUT2D eigenvalue weighted by atomic mass is 9.96. The summed E-state index contributed by atoms with van der Waals surface area (Å²) in [6, 6.07) is 0. The lowest BCUT2D eigenvalue weighted by Crippen LogP contribution is -2.27. The zero-order valence-corrected chi connectivity index (χ0v) is 14.9. The first-order valence-electron chi connectivity index (χ1n) is 7.40. The molecule has 0 bridgehead atoms. The Balaban J connectivity index is 3.08. The lowest BCUT2D eigenvalue weighted by molar-refractivity contribution is 0.0636. The summed E-state index contributed by atoms with van der Waals surface area (Å²) in [5, 5.41) is 12.4. The Morgan fingerprint density at radius 2 is 1.95 bits per heavy atom. The molecule has 124 valence electrons. The van der Waals surface area contributed by atoms with Crippen molar-refractivity contribution in [3.63, 3.8) is 0 Å². The van der Waals surface area contributed by atoms with Crippen molar-refractivity contribution in [3.8, 4) is 0 Å². The number of hydrogen-bond donors (Lipinski definition) is 2. The molecule has 1 aromatic heterocycles. The smallest absolute Gasteiger partial charge is 0.412 e. The first-order chi connectivity index (χ1) is 10.0. The summed E-state index contributed by atoms with van der Waals surface area (Å²) >= 11 is 1.28. The number of nitrogens with one attached hydrogen (secondary N) is 1. The second kappa shape index (κ2) is 7.13. The molecule has 0 aliphatic heterocycles. The molecule has 0 radical (unpaired) electrons. The summed E-state index contributed by atoms with van der Waals surface area (Å²) in [6.07, 6.45) is 1.03. The van der Waals surface area contributed by atoms with Gasteiger partial charge in [-0.3, -0.25) is 5.32 Å². The van der Waals surface area contributed by atoms with Crippen molar-refractivity contribution in [1.29, 1.82) is 0 Å². The van der Waals surface area contributed by atoms with Crippen LogP contribution in [-0.4, -0.2) is 22.8 Å². The zero-order chi connectivity index (χ0) is 17.1. The molecule has 0 aliphatic rings. The van der Waals surface area contributed by atoms with E-state index in [1.807, 2.05) is 6.92 Å². The fourth-order valence-electron chi connectivity index (χ4n) is 2.03. The van der Waals surface area contributed by atoms with Crippen molar-refractivity contribution in [2.24, 2.45) is 5.92 Å². The summed E-state index contributed by atoms with van der Waals surface area (Å²) in [4.78, 5) is 24.4. The number of aromatic carboxylic acids is 1. The van der Waals surface area contributed by atoms with Crippen LogP contribution < -0.4 is 5.32 Å². The quantitative estimate of drug-likeness (QED) is 0.822. The van der Waals surface area contributed by atoms with Gasteiger partial charge in [0.25, 0.3) is 0 Å². The van der Waals surface area contributed by atoms with Gasteiger partial charge in [-0.1, -0.05) is 20.3 Å². The first-order valence-corrected chi connectivity index (χ1v) is 8.22. The number of ether oxygens (including phenoxy) is 1. The Hall–Kier alpha value is -1.56. The highest BCUT2D eigenvalue weighted by Crippen LogP contribution is 2.35. The molecular formula is C16H25NO4S. The van der Waals surface area contributed by atoms with E-state index in [4.69, 9.17) is 4.74 Å². The maximum Gasteiger partial charge on any atom is 0.412 e. The predicted octanol–water partition coefficient (Wildman–Crippen LogP) is 4.69. The summed E-state index contributed by atoms with van der Waals surface area (Å²) < 4.78 is 5.19. The standard InChI is InChI=1S/C16H25NO4S/c1-7-9(2)8-11-10(3)22-13(12(11)14(18)19)17-15(20)21-16(4,5)6/h9H,7-8H2,1-6H3,(H,17,20)(H,18,19). The van der Waals surface area contributed by atoms with E-state index in [0.717, 1.165) is 16.9 Å². The molecule has 0 aliphatic carbocycles. The van der Waals surface area contributed by atoms with E-state index in [9.17, 15) is 14.7 Å². The Bertz CT molecular complexity index is 557. The molecular weight excluding hydrogens is 302 g/mol. The lowest BCUT2D eigenvalue weighted by Gasteiger charge is -2.19. The average Bonchev–Trinajstić information content (AvgIpc) is 2.62. The number of anilines is 1. The molecule has 1 atom stereocenters. The van der Waals surface area contributed by atoms with Crippen LogP contribution in [0.3, 0.4) is 0 Å². The van der Waals surface area contributed by atoms with Crippen LogP contribution in [0.4, 0.5) is 9.80 Å². The van der Waals surface area contributed by atoms with E-state index in [2.05, 4.69) is 19.2 Å². The number of rotatable bonds is 5. The highest BCUT2D eigenvalue weighted by atomic mass is 32.1. The van der Waals surface area contributed by atoms with Gasteiger partial charge in [0.2, 0.25) is 0 Å². The van der Waals surface area contributed by atoms with Gasteiger partial charge >= 0.3 is 12.1 Å². The monoisotopic (exact) mass is 327 g/mol. The van der Waals surface area contributed by atoms with Crippen LogP contribution in [0, 0.1) is 12.8 Å². The number of amides is 1. The van der Waals surface area contributed by atoms with Crippen LogP contribution in [0.1, 0.15) is 61.8 Å². The van der Waals surface area contributed by atoms with Crippen LogP contribution in [-0.2, 0) is 11.2 Å². The van der Waals surface area contributed by atoms with E-state index in [-0.39, 0.29) is 5.56 Å². The van der Waals surface area contributed by atoms with Gasteiger partial charge in [-0.05, 0) is 45.6 Å².